The van der Waals surface area contributed by atoms with Crippen molar-refractivity contribution < 1.29 is 14.3 Å². The Balaban J connectivity index is 2.03. The molecule has 4 aromatic rings. The molecule has 0 saturated carbocycles. The minimum absolute atomic E-state index is 0.207. The largest absolute Gasteiger partial charge is 0.481 e. The maximum atomic E-state index is 13.7. The van der Waals surface area contributed by atoms with Gasteiger partial charge in [-0.05, 0) is 42.0 Å². The number of fused-ring (bicyclic) bond motifs is 2. The molecule has 0 fully saturated rings. The van der Waals surface area contributed by atoms with Crippen LogP contribution in [-0.4, -0.2) is 25.6 Å². The van der Waals surface area contributed by atoms with E-state index < -0.39 is 11.8 Å². The molecule has 124 valence electrons. The Hall–Kier alpha value is -2.99. The number of aromatic nitrogens is 3. The van der Waals surface area contributed by atoms with Crippen molar-refractivity contribution in [3.8, 4) is 5.82 Å². The van der Waals surface area contributed by atoms with E-state index >= 15 is 0 Å². The summed E-state index contributed by atoms with van der Waals surface area (Å²) in [4.78, 5) is 19.7. The highest BCUT2D eigenvalue weighted by Gasteiger charge is 2.16. The molecule has 0 spiro atoms. The highest BCUT2D eigenvalue weighted by atomic mass is 35.5. The number of halogens is 2. The lowest BCUT2D eigenvalue weighted by atomic mass is 10.1. The number of benzene rings is 2. The van der Waals surface area contributed by atoms with Crippen LogP contribution in [-0.2, 0) is 11.2 Å². The Morgan fingerprint density at radius 2 is 2.00 bits per heavy atom. The summed E-state index contributed by atoms with van der Waals surface area (Å²) >= 11 is 6.02. The lowest BCUT2D eigenvalue weighted by molar-refractivity contribution is -0.136. The summed E-state index contributed by atoms with van der Waals surface area (Å²) in [6.07, 6.45) is 2.89. The Kier molecular flexibility index (Phi) is 3.62. The highest BCUT2D eigenvalue weighted by molar-refractivity contribution is 6.31. The fourth-order valence-corrected chi connectivity index (χ4v) is 3.12. The minimum Gasteiger partial charge on any atom is -0.481 e. The van der Waals surface area contributed by atoms with Crippen LogP contribution in [0.25, 0.3) is 27.6 Å². The van der Waals surface area contributed by atoms with E-state index in [9.17, 15) is 9.18 Å². The van der Waals surface area contributed by atoms with Gasteiger partial charge >= 0.3 is 5.97 Å². The average Bonchev–Trinajstić information content (AvgIpc) is 2.91. The molecule has 0 aliphatic rings. The van der Waals surface area contributed by atoms with E-state index in [0.29, 0.717) is 32.8 Å². The van der Waals surface area contributed by atoms with Crippen LogP contribution in [0.5, 0.6) is 0 Å². The quantitative estimate of drug-likeness (QED) is 0.603. The summed E-state index contributed by atoms with van der Waals surface area (Å²) in [6.45, 7) is 0. The van der Waals surface area contributed by atoms with Crippen LogP contribution in [0.4, 0.5) is 4.39 Å². The van der Waals surface area contributed by atoms with Crippen molar-refractivity contribution in [2.75, 3.05) is 0 Å². The molecule has 25 heavy (non-hydrogen) atoms. The first-order valence-electron chi connectivity index (χ1n) is 7.45. The molecule has 0 bridgehead atoms. The second kappa shape index (κ2) is 5.82. The number of aliphatic carboxylic acids is 1. The van der Waals surface area contributed by atoms with Crippen molar-refractivity contribution in [2.45, 2.75) is 6.42 Å². The maximum Gasteiger partial charge on any atom is 0.307 e. The fraction of sp³-hybridized carbons (Fsp3) is 0.0556. The SMILES string of the molecule is O=C(O)Cc1cn(-c2ncnc3cc(Cl)ccc23)c2ccc(F)cc12. The zero-order valence-corrected chi connectivity index (χ0v) is 13.5. The molecule has 0 amide bonds. The Bertz CT molecular complexity index is 1140. The molecular weight excluding hydrogens is 345 g/mol. The number of carboxylic acid groups (broad SMARTS) is 1. The van der Waals surface area contributed by atoms with Gasteiger partial charge in [-0.15, -0.1) is 0 Å². The Morgan fingerprint density at radius 3 is 2.80 bits per heavy atom. The third-order valence-corrected chi connectivity index (χ3v) is 4.23. The van der Waals surface area contributed by atoms with Crippen LogP contribution in [0, 0.1) is 5.82 Å². The van der Waals surface area contributed by atoms with Crippen molar-refractivity contribution in [1.29, 1.82) is 0 Å². The van der Waals surface area contributed by atoms with E-state index in [-0.39, 0.29) is 6.42 Å². The van der Waals surface area contributed by atoms with Crippen LogP contribution in [0.15, 0.2) is 48.9 Å². The van der Waals surface area contributed by atoms with Gasteiger partial charge < -0.3 is 9.67 Å². The summed E-state index contributed by atoms with van der Waals surface area (Å²) in [6, 6.07) is 9.55. The number of hydrogen-bond acceptors (Lipinski definition) is 3. The molecule has 4 rings (SSSR count). The van der Waals surface area contributed by atoms with Crippen molar-refractivity contribution in [3.05, 3.63) is 65.3 Å². The van der Waals surface area contributed by atoms with Gasteiger partial charge in [-0.3, -0.25) is 4.79 Å². The van der Waals surface area contributed by atoms with Crippen molar-refractivity contribution >= 4 is 39.4 Å². The van der Waals surface area contributed by atoms with Gasteiger partial charge in [-0.1, -0.05) is 11.6 Å². The lowest BCUT2D eigenvalue weighted by Crippen LogP contribution is -2.00. The van der Waals surface area contributed by atoms with Gasteiger partial charge in [0.25, 0.3) is 0 Å². The molecule has 0 radical (unpaired) electrons. The van der Waals surface area contributed by atoms with E-state index in [1.165, 1.54) is 18.5 Å². The van der Waals surface area contributed by atoms with Gasteiger partial charge in [0.15, 0.2) is 0 Å². The first kappa shape index (κ1) is 15.5. The Morgan fingerprint density at radius 1 is 1.16 bits per heavy atom. The van der Waals surface area contributed by atoms with E-state index in [1.807, 2.05) is 0 Å². The predicted octanol–water partition coefficient (Wildman–Crippen LogP) is 3.99. The standard InChI is InChI=1S/C18H11ClFN3O2/c19-11-1-3-13-15(6-11)21-9-22-18(13)23-8-10(5-17(24)25)14-7-12(20)2-4-16(14)23/h1-4,6-9H,5H2,(H,24,25). The fourth-order valence-electron chi connectivity index (χ4n) is 2.96. The highest BCUT2D eigenvalue weighted by Crippen LogP contribution is 2.29. The van der Waals surface area contributed by atoms with Crippen LogP contribution in [0.2, 0.25) is 5.02 Å². The zero-order valence-electron chi connectivity index (χ0n) is 12.8. The molecule has 5 nitrogen and oxygen atoms in total. The van der Waals surface area contributed by atoms with Gasteiger partial charge in [-0.25, -0.2) is 14.4 Å². The molecule has 2 heterocycles. The summed E-state index contributed by atoms with van der Waals surface area (Å²) in [5, 5.41) is 11.0. The summed E-state index contributed by atoms with van der Waals surface area (Å²) < 4.78 is 15.4. The monoisotopic (exact) mass is 355 g/mol. The van der Waals surface area contributed by atoms with Crippen LogP contribution in [0.3, 0.4) is 0 Å². The topological polar surface area (TPSA) is 68.0 Å². The van der Waals surface area contributed by atoms with E-state index in [4.69, 9.17) is 16.7 Å². The molecule has 0 aliphatic heterocycles. The zero-order chi connectivity index (χ0) is 17.6. The molecule has 0 atom stereocenters. The summed E-state index contributed by atoms with van der Waals surface area (Å²) in [7, 11) is 0. The maximum absolute atomic E-state index is 13.7. The molecule has 0 saturated heterocycles. The van der Waals surface area contributed by atoms with Crippen molar-refractivity contribution in [1.82, 2.24) is 14.5 Å². The second-order valence-corrected chi connectivity index (χ2v) is 6.05. The van der Waals surface area contributed by atoms with Gasteiger partial charge in [0.05, 0.1) is 17.5 Å². The van der Waals surface area contributed by atoms with Gasteiger partial charge in [-0.2, -0.15) is 0 Å². The van der Waals surface area contributed by atoms with Crippen LogP contribution in [0.1, 0.15) is 5.56 Å². The summed E-state index contributed by atoms with van der Waals surface area (Å²) in [5.74, 6) is -0.825. The van der Waals surface area contributed by atoms with E-state index in [1.54, 1.807) is 35.0 Å². The Labute approximate surface area is 146 Å². The molecular formula is C18H11ClFN3O2. The number of hydrogen-bond donors (Lipinski definition) is 1. The van der Waals surface area contributed by atoms with Gasteiger partial charge in [0.1, 0.15) is 18.0 Å². The molecule has 0 unspecified atom stereocenters. The number of carboxylic acids is 1. The smallest absolute Gasteiger partial charge is 0.307 e. The molecule has 2 aromatic carbocycles. The predicted molar refractivity (Wildman–Crippen MR) is 92.7 cm³/mol. The third kappa shape index (κ3) is 2.70. The first-order valence-corrected chi connectivity index (χ1v) is 7.82. The minimum atomic E-state index is -0.984. The number of rotatable bonds is 3. The number of carbonyl (C=O) groups is 1. The molecule has 1 N–H and O–H groups in total. The number of nitrogens with zero attached hydrogens (tertiary/aromatic N) is 3. The third-order valence-electron chi connectivity index (χ3n) is 4.00. The molecule has 2 aromatic heterocycles. The lowest BCUT2D eigenvalue weighted by Gasteiger charge is -2.08. The van der Waals surface area contributed by atoms with E-state index in [0.717, 1.165) is 5.39 Å². The van der Waals surface area contributed by atoms with Crippen LogP contribution < -0.4 is 0 Å². The van der Waals surface area contributed by atoms with E-state index in [2.05, 4.69) is 9.97 Å². The van der Waals surface area contributed by atoms with Crippen molar-refractivity contribution in [3.63, 3.8) is 0 Å². The van der Waals surface area contributed by atoms with Crippen LogP contribution >= 0.6 is 11.6 Å². The molecule has 7 heteroatoms. The average molecular weight is 356 g/mol. The van der Waals surface area contributed by atoms with Gasteiger partial charge in [0.2, 0.25) is 0 Å². The normalized spacial score (nSPS) is 11.3. The molecule has 0 aliphatic carbocycles. The van der Waals surface area contributed by atoms with Gasteiger partial charge in [0, 0.05) is 22.0 Å². The second-order valence-electron chi connectivity index (χ2n) is 5.62. The summed E-state index contributed by atoms with van der Waals surface area (Å²) in [5.41, 5.74) is 1.86. The first-order chi connectivity index (χ1) is 12.0. The van der Waals surface area contributed by atoms with Crippen molar-refractivity contribution in [2.24, 2.45) is 0 Å².